The van der Waals surface area contributed by atoms with Crippen LogP contribution in [0.15, 0.2) is 18.2 Å². The number of anilines is 1. The molecule has 2 rings (SSSR count). The average molecular weight is 289 g/mol. The zero-order chi connectivity index (χ0) is 15.1. The zero-order valence-electron chi connectivity index (χ0n) is 12.0. The molecule has 1 amide bonds. The fraction of sp³-hybridized carbons (Fsp3) is 0.500. The normalized spacial score (nSPS) is 15.8. The Morgan fingerprint density at radius 3 is 2.67 bits per heavy atom. The molecule has 0 aromatic heterocycles. The van der Waals surface area contributed by atoms with E-state index in [1.54, 1.807) is 0 Å². The second-order valence-electron chi connectivity index (χ2n) is 5.41. The molecule has 1 aromatic rings. The van der Waals surface area contributed by atoms with Crippen molar-refractivity contribution in [3.05, 3.63) is 29.6 Å². The van der Waals surface area contributed by atoms with Crippen LogP contribution in [-0.4, -0.2) is 18.5 Å². The Morgan fingerprint density at radius 2 is 2.00 bits per heavy atom. The molecule has 1 saturated carbocycles. The Morgan fingerprint density at radius 1 is 1.29 bits per heavy atom. The Labute approximate surface area is 124 Å². The summed E-state index contributed by atoms with van der Waals surface area (Å²) in [4.78, 5) is 11.9. The summed E-state index contributed by atoms with van der Waals surface area (Å²) in [5.41, 5.74) is 0.687. The van der Waals surface area contributed by atoms with E-state index in [0.29, 0.717) is 5.69 Å². The highest BCUT2D eigenvalue weighted by Crippen LogP contribution is 2.18. The van der Waals surface area contributed by atoms with Crippen LogP contribution in [0.1, 0.15) is 44.1 Å². The molecule has 0 saturated heterocycles. The van der Waals surface area contributed by atoms with Crippen LogP contribution in [-0.2, 0) is 4.79 Å². The summed E-state index contributed by atoms with van der Waals surface area (Å²) in [7, 11) is 0. The van der Waals surface area contributed by atoms with Gasteiger partial charge < -0.3 is 10.6 Å². The maximum Gasteiger partial charge on any atom is 0.239 e. The number of amides is 1. The molecular formula is C16H20FN3O. The van der Waals surface area contributed by atoms with Gasteiger partial charge in [-0.2, -0.15) is 5.26 Å². The molecular weight excluding hydrogens is 269 g/mol. The van der Waals surface area contributed by atoms with Gasteiger partial charge in [-0.05, 0) is 31.0 Å². The molecule has 21 heavy (non-hydrogen) atoms. The third-order valence-corrected chi connectivity index (χ3v) is 3.76. The molecule has 5 heteroatoms. The van der Waals surface area contributed by atoms with Crippen molar-refractivity contribution in [2.45, 2.75) is 44.6 Å². The number of hydrogen-bond donors (Lipinski definition) is 2. The number of nitrogens with zero attached hydrogens (tertiary/aromatic N) is 1. The molecule has 1 aromatic carbocycles. The van der Waals surface area contributed by atoms with E-state index >= 15 is 0 Å². The first-order valence-corrected chi connectivity index (χ1v) is 7.42. The van der Waals surface area contributed by atoms with Gasteiger partial charge in [0.1, 0.15) is 11.9 Å². The van der Waals surface area contributed by atoms with Crippen molar-refractivity contribution in [3.63, 3.8) is 0 Å². The van der Waals surface area contributed by atoms with Crippen molar-refractivity contribution in [2.24, 2.45) is 0 Å². The summed E-state index contributed by atoms with van der Waals surface area (Å²) < 4.78 is 13.0. The van der Waals surface area contributed by atoms with E-state index in [-0.39, 0.29) is 24.1 Å². The van der Waals surface area contributed by atoms with Crippen LogP contribution in [0.3, 0.4) is 0 Å². The Bertz CT molecular complexity index is 531. The molecule has 0 aliphatic heterocycles. The molecule has 1 aliphatic rings. The largest absolute Gasteiger partial charge is 0.375 e. The van der Waals surface area contributed by atoms with Crippen LogP contribution in [0, 0.1) is 17.1 Å². The highest BCUT2D eigenvalue weighted by Gasteiger charge is 2.14. The van der Waals surface area contributed by atoms with Gasteiger partial charge in [0.2, 0.25) is 5.91 Å². The maximum absolute atomic E-state index is 13.0. The minimum absolute atomic E-state index is 0.0879. The number of carbonyl (C=O) groups is 1. The summed E-state index contributed by atoms with van der Waals surface area (Å²) in [5, 5.41) is 14.9. The Balaban J connectivity index is 1.85. The molecule has 1 fully saturated rings. The molecule has 0 atom stereocenters. The third-order valence-electron chi connectivity index (χ3n) is 3.76. The summed E-state index contributed by atoms with van der Waals surface area (Å²) in [6, 6.07) is 6.08. The SMILES string of the molecule is N#Cc1cc(F)ccc1NCC(=O)NC1CCCCCC1. The lowest BCUT2D eigenvalue weighted by Crippen LogP contribution is -2.38. The van der Waals surface area contributed by atoms with Gasteiger partial charge in [0.25, 0.3) is 0 Å². The standard InChI is InChI=1S/C16H20FN3O/c17-13-7-8-15(12(9-13)10-18)19-11-16(21)20-14-5-3-1-2-4-6-14/h7-9,14,19H,1-6,11H2,(H,20,21). The number of halogens is 1. The summed E-state index contributed by atoms with van der Waals surface area (Å²) in [6.07, 6.45) is 6.87. The smallest absolute Gasteiger partial charge is 0.239 e. The second kappa shape index (κ2) is 7.63. The van der Waals surface area contributed by atoms with E-state index in [0.717, 1.165) is 31.7 Å². The molecule has 4 nitrogen and oxygen atoms in total. The van der Waals surface area contributed by atoms with Crippen molar-refractivity contribution < 1.29 is 9.18 Å². The fourth-order valence-corrected chi connectivity index (χ4v) is 2.64. The number of rotatable bonds is 4. The first kappa shape index (κ1) is 15.3. The summed E-state index contributed by atoms with van der Waals surface area (Å²) >= 11 is 0. The quantitative estimate of drug-likeness (QED) is 0.838. The second-order valence-corrected chi connectivity index (χ2v) is 5.41. The molecule has 112 valence electrons. The average Bonchev–Trinajstić information content (AvgIpc) is 2.74. The van der Waals surface area contributed by atoms with E-state index in [1.807, 2.05) is 6.07 Å². The molecule has 2 N–H and O–H groups in total. The fourth-order valence-electron chi connectivity index (χ4n) is 2.64. The Hall–Kier alpha value is -2.09. The number of nitriles is 1. The first-order valence-electron chi connectivity index (χ1n) is 7.42. The van der Waals surface area contributed by atoms with E-state index < -0.39 is 5.82 Å². The van der Waals surface area contributed by atoms with Crippen molar-refractivity contribution in [1.82, 2.24) is 5.32 Å². The zero-order valence-corrected chi connectivity index (χ0v) is 12.0. The topological polar surface area (TPSA) is 64.9 Å². The van der Waals surface area contributed by atoms with E-state index in [2.05, 4.69) is 10.6 Å². The highest BCUT2D eigenvalue weighted by atomic mass is 19.1. The number of hydrogen-bond acceptors (Lipinski definition) is 3. The summed E-state index contributed by atoms with van der Waals surface area (Å²) in [5.74, 6) is -0.546. The number of carbonyl (C=O) groups excluding carboxylic acids is 1. The molecule has 0 unspecified atom stereocenters. The van der Waals surface area contributed by atoms with Crippen molar-refractivity contribution in [3.8, 4) is 6.07 Å². The minimum atomic E-state index is -0.458. The van der Waals surface area contributed by atoms with Crippen LogP contribution in [0.2, 0.25) is 0 Å². The lowest BCUT2D eigenvalue weighted by atomic mass is 10.1. The van der Waals surface area contributed by atoms with Gasteiger partial charge in [-0.1, -0.05) is 25.7 Å². The van der Waals surface area contributed by atoms with E-state index in [9.17, 15) is 9.18 Å². The van der Waals surface area contributed by atoms with Crippen LogP contribution in [0.4, 0.5) is 10.1 Å². The lowest BCUT2D eigenvalue weighted by molar-refractivity contribution is -0.120. The predicted octanol–water partition coefficient (Wildman–Crippen LogP) is 2.95. The van der Waals surface area contributed by atoms with Gasteiger partial charge in [0.05, 0.1) is 17.8 Å². The van der Waals surface area contributed by atoms with Crippen LogP contribution in [0.25, 0.3) is 0 Å². The Kier molecular flexibility index (Phi) is 5.56. The van der Waals surface area contributed by atoms with E-state index in [1.165, 1.54) is 25.0 Å². The van der Waals surface area contributed by atoms with Gasteiger partial charge in [-0.15, -0.1) is 0 Å². The molecule has 0 radical (unpaired) electrons. The molecule has 0 heterocycles. The van der Waals surface area contributed by atoms with Gasteiger partial charge >= 0.3 is 0 Å². The van der Waals surface area contributed by atoms with Crippen molar-refractivity contribution in [2.75, 3.05) is 11.9 Å². The molecule has 0 bridgehead atoms. The minimum Gasteiger partial charge on any atom is -0.375 e. The van der Waals surface area contributed by atoms with Crippen molar-refractivity contribution >= 4 is 11.6 Å². The van der Waals surface area contributed by atoms with E-state index in [4.69, 9.17) is 5.26 Å². The highest BCUT2D eigenvalue weighted by molar-refractivity contribution is 5.81. The van der Waals surface area contributed by atoms with Crippen LogP contribution in [0.5, 0.6) is 0 Å². The van der Waals surface area contributed by atoms with Crippen LogP contribution < -0.4 is 10.6 Å². The lowest BCUT2D eigenvalue weighted by Gasteiger charge is -2.17. The number of benzene rings is 1. The van der Waals surface area contributed by atoms with Gasteiger partial charge in [-0.25, -0.2) is 4.39 Å². The van der Waals surface area contributed by atoms with Gasteiger partial charge in [0, 0.05) is 6.04 Å². The third kappa shape index (κ3) is 4.75. The monoisotopic (exact) mass is 289 g/mol. The molecule has 0 spiro atoms. The van der Waals surface area contributed by atoms with Crippen molar-refractivity contribution in [1.29, 1.82) is 5.26 Å². The molecule has 1 aliphatic carbocycles. The van der Waals surface area contributed by atoms with Gasteiger partial charge in [0.15, 0.2) is 0 Å². The van der Waals surface area contributed by atoms with Crippen LogP contribution >= 0.6 is 0 Å². The summed E-state index contributed by atoms with van der Waals surface area (Å²) in [6.45, 7) is 0.0941. The maximum atomic E-state index is 13.0. The number of nitrogens with one attached hydrogen (secondary N) is 2. The van der Waals surface area contributed by atoms with Gasteiger partial charge in [-0.3, -0.25) is 4.79 Å². The first-order chi connectivity index (χ1) is 10.2. The predicted molar refractivity (Wildman–Crippen MR) is 79.2 cm³/mol.